The highest BCUT2D eigenvalue weighted by molar-refractivity contribution is 5.73. The first-order chi connectivity index (χ1) is 6.45. The van der Waals surface area contributed by atoms with Crippen LogP contribution in [0, 0.1) is 0 Å². The molecule has 2 nitrogen and oxygen atoms in total. The number of nitrogens with zero attached hydrogens (tertiary/aromatic N) is 1. The lowest BCUT2D eigenvalue weighted by Crippen LogP contribution is -2.44. The van der Waals surface area contributed by atoms with Crippen LogP contribution < -0.4 is 0 Å². The molecule has 0 aromatic carbocycles. The molecule has 1 amide bonds. The van der Waals surface area contributed by atoms with Crippen LogP contribution in [0.25, 0.3) is 0 Å². The Kier molecular flexibility index (Phi) is 5.02. The Hall–Kier alpha value is -0.670. The molecular formula is C10H19F2NO. The Morgan fingerprint density at radius 3 is 2.21 bits per heavy atom. The molecule has 0 aromatic heterocycles. The van der Waals surface area contributed by atoms with Gasteiger partial charge in [-0.15, -0.1) is 0 Å². The fraction of sp³-hybridized carbons (Fsp3) is 0.900. The monoisotopic (exact) mass is 207 g/mol. The van der Waals surface area contributed by atoms with E-state index in [1.54, 1.807) is 0 Å². The lowest BCUT2D eigenvalue weighted by atomic mass is 10.2. The Balaban J connectivity index is 0.000000791. The molecule has 1 saturated carbocycles. The molecule has 0 N–H and O–H groups in total. The van der Waals surface area contributed by atoms with E-state index in [4.69, 9.17) is 0 Å². The standard InChI is InChI=1S/C8H13F2NO.C2H6/c1-6(12)11(2)7-4-3-5-8(7,9)10;1-2/h7H,3-5H2,1-2H3;1-2H3. The van der Waals surface area contributed by atoms with Gasteiger partial charge >= 0.3 is 0 Å². The Labute approximate surface area is 84.3 Å². The third kappa shape index (κ3) is 2.93. The van der Waals surface area contributed by atoms with E-state index in [9.17, 15) is 13.6 Å². The van der Waals surface area contributed by atoms with Crippen LogP contribution in [-0.4, -0.2) is 29.8 Å². The quantitative estimate of drug-likeness (QED) is 0.647. The van der Waals surface area contributed by atoms with E-state index in [0.29, 0.717) is 12.8 Å². The number of hydrogen-bond donors (Lipinski definition) is 0. The maximum absolute atomic E-state index is 13.0. The number of carbonyl (C=O) groups excluding carboxylic acids is 1. The van der Waals surface area contributed by atoms with Gasteiger partial charge in [-0.3, -0.25) is 4.79 Å². The summed E-state index contributed by atoms with van der Waals surface area (Å²) < 4.78 is 26.1. The van der Waals surface area contributed by atoms with Crippen LogP contribution in [0.3, 0.4) is 0 Å². The predicted molar refractivity (Wildman–Crippen MR) is 52.4 cm³/mol. The van der Waals surface area contributed by atoms with Gasteiger partial charge in [-0.05, 0) is 12.8 Å². The average molecular weight is 207 g/mol. The largest absolute Gasteiger partial charge is 0.337 e. The molecule has 0 heterocycles. The molecule has 1 fully saturated rings. The van der Waals surface area contributed by atoms with Gasteiger partial charge in [-0.25, -0.2) is 8.78 Å². The first kappa shape index (κ1) is 13.3. The third-order valence-electron chi connectivity index (χ3n) is 2.44. The molecule has 0 saturated heterocycles. The minimum absolute atomic E-state index is 0.0880. The zero-order valence-corrected chi connectivity index (χ0v) is 9.31. The van der Waals surface area contributed by atoms with Crippen molar-refractivity contribution in [1.82, 2.24) is 4.90 Å². The number of hydrogen-bond acceptors (Lipinski definition) is 1. The van der Waals surface area contributed by atoms with Gasteiger partial charge in [0.1, 0.15) is 0 Å². The molecule has 84 valence electrons. The van der Waals surface area contributed by atoms with Gasteiger partial charge in [-0.1, -0.05) is 13.8 Å². The minimum atomic E-state index is -2.68. The summed E-state index contributed by atoms with van der Waals surface area (Å²) in [6.07, 6.45) is 0.841. The lowest BCUT2D eigenvalue weighted by Gasteiger charge is -2.28. The van der Waals surface area contributed by atoms with Crippen molar-refractivity contribution in [3.8, 4) is 0 Å². The second-order valence-corrected chi connectivity index (χ2v) is 3.30. The van der Waals surface area contributed by atoms with Crippen LogP contribution in [0.5, 0.6) is 0 Å². The molecule has 1 aliphatic rings. The van der Waals surface area contributed by atoms with Crippen molar-refractivity contribution in [2.75, 3.05) is 7.05 Å². The van der Waals surface area contributed by atoms with Crippen molar-refractivity contribution in [3.63, 3.8) is 0 Å². The van der Waals surface area contributed by atoms with Crippen LogP contribution >= 0.6 is 0 Å². The second kappa shape index (κ2) is 5.27. The maximum Gasteiger partial charge on any atom is 0.268 e. The Morgan fingerprint density at radius 2 is 1.93 bits per heavy atom. The number of carbonyl (C=O) groups is 1. The van der Waals surface area contributed by atoms with Gasteiger partial charge < -0.3 is 4.90 Å². The number of rotatable bonds is 1. The highest BCUT2D eigenvalue weighted by Crippen LogP contribution is 2.37. The lowest BCUT2D eigenvalue weighted by molar-refractivity contribution is -0.137. The molecule has 1 atom stereocenters. The molecule has 1 aliphatic carbocycles. The summed E-state index contributed by atoms with van der Waals surface area (Å²) in [6.45, 7) is 5.31. The highest BCUT2D eigenvalue weighted by Gasteiger charge is 2.46. The van der Waals surface area contributed by atoms with Crippen molar-refractivity contribution in [2.24, 2.45) is 0 Å². The molecule has 4 heteroatoms. The van der Waals surface area contributed by atoms with Crippen molar-refractivity contribution < 1.29 is 13.6 Å². The molecule has 1 rings (SSSR count). The van der Waals surface area contributed by atoms with Crippen molar-refractivity contribution in [2.45, 2.75) is 52.0 Å². The summed E-state index contributed by atoms with van der Waals surface area (Å²) in [5.41, 5.74) is 0. The van der Waals surface area contributed by atoms with E-state index < -0.39 is 12.0 Å². The van der Waals surface area contributed by atoms with Crippen LogP contribution in [-0.2, 0) is 4.79 Å². The summed E-state index contributed by atoms with van der Waals surface area (Å²) in [5, 5.41) is 0. The van der Waals surface area contributed by atoms with Gasteiger partial charge in [0.2, 0.25) is 5.91 Å². The molecule has 0 aliphatic heterocycles. The smallest absolute Gasteiger partial charge is 0.268 e. The van der Waals surface area contributed by atoms with E-state index in [1.807, 2.05) is 13.8 Å². The van der Waals surface area contributed by atoms with Crippen molar-refractivity contribution >= 4 is 5.91 Å². The summed E-state index contributed by atoms with van der Waals surface area (Å²) in [5.74, 6) is -2.97. The SMILES string of the molecule is CC.CC(=O)N(C)C1CCCC1(F)F. The third-order valence-corrected chi connectivity index (χ3v) is 2.44. The normalized spacial score (nSPS) is 23.7. The summed E-state index contributed by atoms with van der Waals surface area (Å²) in [6, 6.07) is -0.880. The van der Waals surface area contributed by atoms with E-state index in [2.05, 4.69) is 0 Å². The molecular weight excluding hydrogens is 188 g/mol. The minimum Gasteiger partial charge on any atom is -0.337 e. The van der Waals surface area contributed by atoms with E-state index >= 15 is 0 Å². The predicted octanol–water partition coefficient (Wildman–Crippen LogP) is 2.68. The zero-order valence-electron chi connectivity index (χ0n) is 9.31. The molecule has 0 radical (unpaired) electrons. The molecule has 14 heavy (non-hydrogen) atoms. The van der Waals surface area contributed by atoms with Gasteiger partial charge in [0.25, 0.3) is 5.92 Å². The highest BCUT2D eigenvalue weighted by atomic mass is 19.3. The van der Waals surface area contributed by atoms with E-state index in [0.717, 1.165) is 4.90 Å². The van der Waals surface area contributed by atoms with Gasteiger partial charge in [0.15, 0.2) is 0 Å². The molecule has 0 spiro atoms. The van der Waals surface area contributed by atoms with Gasteiger partial charge in [-0.2, -0.15) is 0 Å². The number of alkyl halides is 2. The van der Waals surface area contributed by atoms with Crippen molar-refractivity contribution in [1.29, 1.82) is 0 Å². The van der Waals surface area contributed by atoms with Crippen LogP contribution in [0.15, 0.2) is 0 Å². The van der Waals surface area contributed by atoms with Crippen LogP contribution in [0.2, 0.25) is 0 Å². The zero-order chi connectivity index (χ0) is 11.4. The van der Waals surface area contributed by atoms with Crippen LogP contribution in [0.4, 0.5) is 8.78 Å². The fourth-order valence-corrected chi connectivity index (χ4v) is 1.61. The van der Waals surface area contributed by atoms with Crippen molar-refractivity contribution in [3.05, 3.63) is 0 Å². The molecule has 0 aromatic rings. The molecule has 1 unspecified atom stereocenters. The topological polar surface area (TPSA) is 20.3 Å². The molecule has 0 bridgehead atoms. The summed E-state index contributed by atoms with van der Waals surface area (Å²) >= 11 is 0. The Morgan fingerprint density at radius 1 is 1.43 bits per heavy atom. The van der Waals surface area contributed by atoms with E-state index in [-0.39, 0.29) is 12.3 Å². The fourth-order valence-electron chi connectivity index (χ4n) is 1.61. The van der Waals surface area contributed by atoms with Gasteiger partial charge in [0.05, 0.1) is 6.04 Å². The second-order valence-electron chi connectivity index (χ2n) is 3.30. The first-order valence-corrected chi connectivity index (χ1v) is 5.06. The van der Waals surface area contributed by atoms with Crippen LogP contribution in [0.1, 0.15) is 40.0 Å². The summed E-state index contributed by atoms with van der Waals surface area (Å²) in [4.78, 5) is 12.0. The van der Waals surface area contributed by atoms with Gasteiger partial charge in [0, 0.05) is 20.4 Å². The first-order valence-electron chi connectivity index (χ1n) is 5.06. The number of halogens is 2. The average Bonchev–Trinajstić information content (AvgIpc) is 2.47. The Bertz CT molecular complexity index is 195. The van der Waals surface area contributed by atoms with E-state index in [1.165, 1.54) is 14.0 Å². The number of amides is 1. The summed E-state index contributed by atoms with van der Waals surface area (Å²) in [7, 11) is 1.44. The maximum atomic E-state index is 13.0.